The van der Waals surface area contributed by atoms with Gasteiger partial charge in [-0.1, -0.05) is 13.8 Å². The fourth-order valence-electron chi connectivity index (χ4n) is 5.78. The predicted octanol–water partition coefficient (Wildman–Crippen LogP) is 3.81. The van der Waals surface area contributed by atoms with E-state index in [1.54, 1.807) is 14.2 Å². The molecule has 0 aromatic carbocycles. The van der Waals surface area contributed by atoms with Crippen molar-refractivity contribution in [1.82, 2.24) is 24.6 Å². The second-order valence-corrected chi connectivity index (χ2v) is 10.9. The van der Waals surface area contributed by atoms with Crippen LogP contribution in [0.4, 0.5) is 5.82 Å². The molecule has 3 fully saturated rings. The van der Waals surface area contributed by atoms with Crippen LogP contribution in [0, 0.1) is 5.41 Å². The van der Waals surface area contributed by atoms with Crippen LogP contribution in [0.1, 0.15) is 69.8 Å². The van der Waals surface area contributed by atoms with Crippen molar-refractivity contribution in [3.05, 3.63) is 30.0 Å². The molecule has 2 saturated carbocycles. The molecule has 1 N–H and O–H groups in total. The first-order chi connectivity index (χ1) is 16.5. The molecular weight excluding hydrogens is 428 g/mol. The van der Waals surface area contributed by atoms with Gasteiger partial charge in [0.1, 0.15) is 5.82 Å². The molecule has 0 amide bonds. The first-order valence-electron chi connectivity index (χ1n) is 13.0. The van der Waals surface area contributed by atoms with Crippen molar-refractivity contribution in [1.29, 1.82) is 0 Å². The first kappa shape index (κ1) is 23.7. The fraction of sp³-hybridized carbons (Fsp3) is 0.731. The average molecular weight is 469 g/mol. The number of ether oxygens (including phenoxy) is 2. The summed E-state index contributed by atoms with van der Waals surface area (Å²) in [6, 6.07) is 2.57. The number of anilines is 1. The molecule has 2 atom stereocenters. The highest BCUT2D eigenvalue weighted by Gasteiger charge is 2.38. The van der Waals surface area contributed by atoms with Crippen LogP contribution in [0.3, 0.4) is 0 Å². The summed E-state index contributed by atoms with van der Waals surface area (Å²) in [5.41, 5.74) is 2.53. The summed E-state index contributed by atoms with van der Waals surface area (Å²) in [7, 11) is 3.58. The van der Waals surface area contributed by atoms with E-state index in [1.165, 1.54) is 31.5 Å². The number of methoxy groups -OCH3 is 2. The van der Waals surface area contributed by atoms with Crippen LogP contribution in [-0.2, 0) is 15.9 Å². The summed E-state index contributed by atoms with van der Waals surface area (Å²) in [6.07, 6.45) is 12.5. The van der Waals surface area contributed by atoms with E-state index in [1.807, 2.05) is 6.20 Å². The van der Waals surface area contributed by atoms with Crippen molar-refractivity contribution >= 4 is 5.82 Å². The van der Waals surface area contributed by atoms with Gasteiger partial charge >= 0.3 is 0 Å². The molecule has 0 bridgehead atoms. The van der Waals surface area contributed by atoms with Crippen molar-refractivity contribution in [2.45, 2.75) is 83.0 Å². The summed E-state index contributed by atoms with van der Waals surface area (Å²) in [6.45, 7) is 7.64. The Morgan fingerprint density at radius 2 is 1.79 bits per heavy atom. The number of hydrogen-bond donors (Lipinski definition) is 1. The Morgan fingerprint density at radius 1 is 1.09 bits per heavy atom. The molecule has 2 aromatic heterocycles. The van der Waals surface area contributed by atoms with Gasteiger partial charge in [-0.2, -0.15) is 5.10 Å². The molecule has 8 nitrogen and oxygen atoms in total. The second kappa shape index (κ2) is 9.91. The lowest BCUT2D eigenvalue weighted by Crippen LogP contribution is -2.40. The van der Waals surface area contributed by atoms with Crippen molar-refractivity contribution in [2.75, 3.05) is 39.2 Å². The highest BCUT2D eigenvalue weighted by atomic mass is 16.5. The van der Waals surface area contributed by atoms with Gasteiger partial charge in [-0.15, -0.1) is 5.10 Å². The molecule has 3 heterocycles. The summed E-state index contributed by atoms with van der Waals surface area (Å²) in [4.78, 5) is 7.39. The molecule has 2 aliphatic carbocycles. The Morgan fingerprint density at radius 3 is 2.41 bits per heavy atom. The molecule has 1 saturated heterocycles. The minimum atomic E-state index is 0.182. The number of rotatable bonds is 9. The number of likely N-dealkylation sites (tertiary alicyclic amines) is 1. The number of aromatic nitrogens is 4. The van der Waals surface area contributed by atoms with E-state index in [0.29, 0.717) is 17.4 Å². The molecule has 186 valence electrons. The quantitative estimate of drug-likeness (QED) is 0.600. The SMILES string of the molecule is CCc1cn(-c2cnnc(NC3CCC(C)(CN4C[C@@H](OC)[C@H](OC)C4)CC3)c2)c(C2CC2)n1. The zero-order valence-electron chi connectivity index (χ0n) is 21.2. The maximum atomic E-state index is 5.63. The topological polar surface area (TPSA) is 77.3 Å². The zero-order chi connectivity index (χ0) is 23.7. The van der Waals surface area contributed by atoms with Crippen molar-refractivity contribution < 1.29 is 9.47 Å². The van der Waals surface area contributed by atoms with Crippen LogP contribution in [0.25, 0.3) is 5.69 Å². The lowest BCUT2D eigenvalue weighted by molar-refractivity contribution is -0.00461. The van der Waals surface area contributed by atoms with Crippen LogP contribution in [0.15, 0.2) is 18.5 Å². The Hall–Kier alpha value is -2.03. The highest BCUT2D eigenvalue weighted by molar-refractivity contribution is 5.45. The van der Waals surface area contributed by atoms with E-state index < -0.39 is 0 Å². The molecular formula is C26H40N6O2. The number of nitrogens with zero attached hydrogens (tertiary/aromatic N) is 5. The monoisotopic (exact) mass is 468 g/mol. The lowest BCUT2D eigenvalue weighted by atomic mass is 9.73. The van der Waals surface area contributed by atoms with E-state index in [9.17, 15) is 0 Å². The van der Waals surface area contributed by atoms with Crippen molar-refractivity contribution in [3.8, 4) is 5.69 Å². The van der Waals surface area contributed by atoms with Crippen LogP contribution in [0.2, 0.25) is 0 Å². The van der Waals surface area contributed by atoms with Crippen molar-refractivity contribution in [2.24, 2.45) is 5.41 Å². The van der Waals surface area contributed by atoms with E-state index >= 15 is 0 Å². The minimum Gasteiger partial charge on any atom is -0.377 e. The molecule has 2 aromatic rings. The number of imidazole rings is 1. The Labute approximate surface area is 203 Å². The van der Waals surface area contributed by atoms with Gasteiger partial charge in [0.15, 0.2) is 5.82 Å². The Kier molecular flexibility index (Phi) is 6.91. The Bertz CT molecular complexity index is 954. The minimum absolute atomic E-state index is 0.182. The van der Waals surface area contributed by atoms with Crippen LogP contribution in [0.5, 0.6) is 0 Å². The summed E-state index contributed by atoms with van der Waals surface area (Å²) in [5, 5.41) is 12.4. The predicted molar refractivity (Wildman–Crippen MR) is 133 cm³/mol. The van der Waals surface area contributed by atoms with Gasteiger partial charge in [-0.3, -0.25) is 4.90 Å². The lowest BCUT2D eigenvalue weighted by Gasteiger charge is -2.40. The third-order valence-electron chi connectivity index (χ3n) is 8.05. The average Bonchev–Trinajstić information content (AvgIpc) is 3.48. The van der Waals surface area contributed by atoms with Gasteiger partial charge in [0.2, 0.25) is 0 Å². The molecule has 0 spiro atoms. The van der Waals surface area contributed by atoms with E-state index in [0.717, 1.165) is 56.1 Å². The summed E-state index contributed by atoms with van der Waals surface area (Å²) < 4.78 is 13.5. The molecule has 0 unspecified atom stereocenters. The smallest absolute Gasteiger partial charge is 0.150 e. The molecule has 34 heavy (non-hydrogen) atoms. The number of aryl methyl sites for hydroxylation is 1. The first-order valence-corrected chi connectivity index (χ1v) is 13.0. The summed E-state index contributed by atoms with van der Waals surface area (Å²) >= 11 is 0. The summed E-state index contributed by atoms with van der Waals surface area (Å²) in [5.74, 6) is 2.64. The molecule has 8 heteroatoms. The van der Waals surface area contributed by atoms with E-state index in [-0.39, 0.29) is 12.2 Å². The van der Waals surface area contributed by atoms with Crippen molar-refractivity contribution in [3.63, 3.8) is 0 Å². The normalized spacial score (nSPS) is 30.1. The van der Waals surface area contributed by atoms with Gasteiger partial charge in [0, 0.05) is 58.1 Å². The number of hydrogen-bond acceptors (Lipinski definition) is 7. The van der Waals surface area contributed by atoms with Gasteiger partial charge in [0.25, 0.3) is 0 Å². The van der Waals surface area contributed by atoms with Crippen LogP contribution < -0.4 is 5.32 Å². The molecule has 3 aliphatic rings. The second-order valence-electron chi connectivity index (χ2n) is 10.9. The largest absolute Gasteiger partial charge is 0.377 e. The van der Waals surface area contributed by atoms with Gasteiger partial charge < -0.3 is 19.4 Å². The highest BCUT2D eigenvalue weighted by Crippen LogP contribution is 2.41. The third-order valence-corrected chi connectivity index (χ3v) is 8.05. The Balaban J connectivity index is 1.19. The van der Waals surface area contributed by atoms with Gasteiger partial charge in [-0.25, -0.2) is 4.98 Å². The number of nitrogens with one attached hydrogen (secondary N) is 1. The standard InChI is InChI=1S/C26H40N6O2/c1-5-19-14-32(25(29-19)18-6-7-18)21-12-24(30-27-13-21)28-20-8-10-26(2,11-9-20)17-31-15-22(33-3)23(16-31)34-4/h12-14,18,20,22-23H,5-11,15-17H2,1-4H3,(H,28,30)/t20?,22-,23-,26?/m1/s1. The maximum Gasteiger partial charge on any atom is 0.150 e. The molecule has 1 aliphatic heterocycles. The molecule has 0 radical (unpaired) electrons. The van der Waals surface area contributed by atoms with Gasteiger partial charge in [-0.05, 0) is 50.4 Å². The van der Waals surface area contributed by atoms with Gasteiger partial charge in [0.05, 0.1) is 29.8 Å². The van der Waals surface area contributed by atoms with E-state index in [4.69, 9.17) is 14.5 Å². The zero-order valence-corrected chi connectivity index (χ0v) is 21.2. The third kappa shape index (κ3) is 5.14. The fourth-order valence-corrected chi connectivity index (χ4v) is 5.78. The van der Waals surface area contributed by atoms with Crippen LogP contribution >= 0.6 is 0 Å². The maximum absolute atomic E-state index is 5.63. The van der Waals surface area contributed by atoms with E-state index in [2.05, 4.69) is 51.1 Å². The molecule has 5 rings (SSSR count). The van der Waals surface area contributed by atoms with Crippen LogP contribution in [-0.4, -0.2) is 76.8 Å².